The van der Waals surface area contributed by atoms with E-state index in [-0.39, 0.29) is 22.7 Å². The van der Waals surface area contributed by atoms with Crippen molar-refractivity contribution in [1.82, 2.24) is 9.49 Å². The fraction of sp³-hybridized carbons (Fsp3) is 0.160. The molecule has 28 heteroatoms. The highest BCUT2D eigenvalue weighted by Gasteiger charge is 2.26. The highest BCUT2D eigenvalue weighted by molar-refractivity contribution is 5.58. The van der Waals surface area contributed by atoms with E-state index in [1.807, 2.05) is 314 Å². The van der Waals surface area contributed by atoms with E-state index in [9.17, 15) is 10.1 Å². The normalized spacial score (nSPS) is 11.3. The summed E-state index contributed by atoms with van der Waals surface area (Å²) in [7, 11) is 0. The van der Waals surface area contributed by atoms with Crippen LogP contribution in [-0.4, -0.2) is 122 Å². The van der Waals surface area contributed by atoms with Crippen LogP contribution >= 0.6 is 0 Å². The number of nitro benzene ring substituents is 1. The highest BCUT2D eigenvalue weighted by Crippen LogP contribution is 2.35. The van der Waals surface area contributed by atoms with E-state index < -0.39 is 4.92 Å². The topological polar surface area (TPSA) is 287 Å². The quantitative estimate of drug-likeness (QED) is 0.00862. The molecule has 754 valence electrons. The second kappa shape index (κ2) is 72.0. The summed E-state index contributed by atoms with van der Waals surface area (Å²) < 4.78 is 38.6. The molecule has 1 heterocycles. The minimum absolute atomic E-state index is 0. The van der Waals surface area contributed by atoms with Gasteiger partial charge in [0.25, 0.3) is 5.69 Å². The van der Waals surface area contributed by atoms with E-state index in [1.165, 1.54) is 28.9 Å². The van der Waals surface area contributed by atoms with E-state index in [0.29, 0.717) is 94.6 Å². The number of ether oxygens (including phenoxy) is 7. The van der Waals surface area contributed by atoms with E-state index >= 15 is 0 Å². The van der Waals surface area contributed by atoms with Gasteiger partial charge < -0.3 is 55.0 Å². The van der Waals surface area contributed by atoms with Crippen LogP contribution in [0, 0.1) is 10.1 Å². The Kier molecular flexibility index (Phi) is 57.2. The van der Waals surface area contributed by atoms with Gasteiger partial charge in [0.05, 0.1) is 120 Å². The summed E-state index contributed by atoms with van der Waals surface area (Å²) in [5.74, 6) is 2.89. The van der Waals surface area contributed by atoms with Crippen LogP contribution in [0.25, 0.3) is 0 Å². The molecular weight excluding hydrogens is 1910 g/mol. The van der Waals surface area contributed by atoms with E-state index in [4.69, 9.17) is 33.2 Å². The number of morpholine rings is 1. The van der Waals surface area contributed by atoms with Gasteiger partial charge in [-0.2, -0.15) is 51.1 Å². The molecule has 0 N–H and O–H groups in total. The molecule has 1 aliphatic rings. The van der Waals surface area contributed by atoms with E-state index in [0.717, 1.165) is 137 Å². The van der Waals surface area contributed by atoms with Crippen LogP contribution < -0.4 is 45.3 Å². The molecule has 0 amide bonds. The monoisotopic (exact) mass is 2030 g/mol. The zero-order valence-corrected chi connectivity index (χ0v) is 84.6. The molecule has 1 aliphatic heterocycles. The zero-order valence-electron chi connectivity index (χ0n) is 83.0. The lowest BCUT2D eigenvalue weighted by atomic mass is 10.1. The average Bonchev–Trinajstić information content (AvgIpc) is 0.812. The van der Waals surface area contributed by atoms with Gasteiger partial charge in [-0.1, -0.05) is 221 Å². The van der Waals surface area contributed by atoms with Crippen molar-refractivity contribution < 1.29 is 55.1 Å². The molecule has 14 rings (SSSR count). The first-order valence-electron chi connectivity index (χ1n) is 47.2. The molecule has 0 aromatic heterocycles. The molecule has 13 aromatic carbocycles. The van der Waals surface area contributed by atoms with Crippen molar-refractivity contribution in [3.63, 3.8) is 0 Å². The Hall–Kier alpha value is -17.3. The minimum atomic E-state index is -0.442. The number of nitrogens with zero attached hydrogens (tertiary/aromatic N) is 18. The van der Waals surface area contributed by atoms with Gasteiger partial charge in [0.15, 0.2) is 0 Å². The van der Waals surface area contributed by atoms with Crippen molar-refractivity contribution in [3.8, 4) is 23.0 Å². The Morgan fingerprint density at radius 3 is 0.918 bits per heavy atom. The van der Waals surface area contributed by atoms with Gasteiger partial charge in [-0.05, 0) is 236 Å². The SMILES string of the molecule is C=CCN(CC=C)c1ccc(N=Nc2ccccc2)cc1.C=CCOCCc1ccc(N=Nc2ccc(CCOCC=C)cc2)cc1.C=CCOc1ccc(N=Nc2ccc(OCC=C)cc2)cc1.C=CCOc1ccccc1N=Nc1ccccc1OCC=C.C=CC[N+](CC=C)(CC=C)c1ccc(N=Nc2ccccc2)cc1.O=[N+]([O-])c1ccc(N=NN2CCOCC2)cc1.[Br-].c1ccc(N=Nc2ccccc2)cc1. The second-order valence-corrected chi connectivity index (χ2v) is 31.0. The number of para-hydroxylation sites is 2. The van der Waals surface area contributed by atoms with Crippen LogP contribution in [0.3, 0.4) is 0 Å². The summed E-state index contributed by atoms with van der Waals surface area (Å²) in [6, 6.07) is 107. The summed E-state index contributed by atoms with van der Waals surface area (Å²) in [6.45, 7) is 52.2. The van der Waals surface area contributed by atoms with Gasteiger partial charge in [-0.25, -0.2) is 0 Å². The number of anilines is 1. The highest BCUT2D eigenvalue weighted by atomic mass is 79.9. The van der Waals surface area contributed by atoms with Crippen molar-refractivity contribution in [3.05, 3.63) is 500 Å². The third-order valence-corrected chi connectivity index (χ3v) is 20.0. The molecule has 13 aromatic rings. The molecule has 147 heavy (non-hydrogen) atoms. The van der Waals surface area contributed by atoms with E-state index in [1.54, 1.807) is 48.6 Å². The maximum atomic E-state index is 10.4. The zero-order chi connectivity index (χ0) is 104. The van der Waals surface area contributed by atoms with Gasteiger partial charge in [0, 0.05) is 43.0 Å². The lowest BCUT2D eigenvalue weighted by molar-refractivity contribution is -0.384. The number of benzene rings is 13. The smallest absolute Gasteiger partial charge is 0.269 e. The van der Waals surface area contributed by atoms with Crippen LogP contribution in [0.1, 0.15) is 11.1 Å². The maximum absolute atomic E-state index is 10.4. The van der Waals surface area contributed by atoms with Crippen LogP contribution in [0.5, 0.6) is 23.0 Å². The van der Waals surface area contributed by atoms with Crippen molar-refractivity contribution in [2.24, 2.45) is 71.7 Å². The first-order chi connectivity index (χ1) is 71.7. The largest absolute Gasteiger partial charge is 1.00 e. The fourth-order valence-electron chi connectivity index (χ4n) is 12.8. The van der Waals surface area contributed by atoms with Crippen LogP contribution in [-0.2, 0) is 27.1 Å². The predicted molar refractivity (Wildman–Crippen MR) is 594 cm³/mol. The molecule has 1 fully saturated rings. The van der Waals surface area contributed by atoms with Gasteiger partial charge in [0.2, 0.25) is 0 Å². The molecule has 0 unspecified atom stereocenters. The number of non-ortho nitro benzene ring substituents is 1. The Morgan fingerprint density at radius 1 is 0.313 bits per heavy atom. The van der Waals surface area contributed by atoms with Crippen molar-refractivity contribution in [2.75, 3.05) is 117 Å². The number of nitro groups is 1. The standard InChI is InChI=1S/C22H26N2O2.C21H24N3.C18H19N3.2C18H18N2O2.C12H10N2.C10H12N4O3.BrH/c1-3-15-25-17-13-19-5-9-21(10-6-19)23-24-22-11-7-20(8-12-22)14-18-26-16-4-2;1-4-16-24(17-5-2,18-6-3)21-14-12-20(13-15-21)23-22-19-10-8-7-9-11-19;1-3-14-21(15-4-2)18-12-10-17(11-13-18)20-19-16-8-6-5-7-9-16;1-3-13-21-17-9-5-15(6-10-17)19-20-16-7-11-18(12-8-16)22-14-4-2;1-3-13-21-17-11-7-5-9-15(17)19-20-16-10-6-8-12-18(16)22-14-4-2;1-3-7-11(8-4-1)13-14-12-9-5-2-6-10-12;15-14(16)10-3-1-9(2-4-10)11-12-13-5-7-17-8-6-13;/h3-12H,1-2,13-18H2;4-15H,1-3,16-18H2;3-13H,1-2,14-15H2;2*3-12H,1-2,13-14H2;1-10H;1-4H,5-8H2;1H/q;+1;;;;;;/p-1. The molecule has 1 saturated heterocycles. The first kappa shape index (κ1) is 117. The van der Waals surface area contributed by atoms with Crippen molar-refractivity contribution in [1.29, 1.82) is 0 Å². The number of quaternary nitrogens is 1. The van der Waals surface area contributed by atoms with Crippen molar-refractivity contribution in [2.45, 2.75) is 12.8 Å². The summed E-state index contributed by atoms with van der Waals surface area (Å²) in [5.41, 5.74) is 15.0. The van der Waals surface area contributed by atoms with Crippen molar-refractivity contribution >= 4 is 91.0 Å². The summed E-state index contributed by atoms with van der Waals surface area (Å²) in [5, 5.41) is 70.9. The average molecular weight is 2030 g/mol. The Balaban J connectivity index is 0.000000233. The molecule has 0 atom stereocenters. The number of rotatable bonds is 49. The molecule has 0 radical (unpaired) electrons. The Morgan fingerprint density at radius 2 is 0.599 bits per heavy atom. The number of hydrogen-bond acceptors (Lipinski definition) is 24. The van der Waals surface area contributed by atoms with Gasteiger partial charge in [-0.15, -0.1) is 41.7 Å². The summed E-state index contributed by atoms with van der Waals surface area (Å²) in [6.07, 6.45) is 21.6. The number of halogens is 1. The fourth-order valence-corrected chi connectivity index (χ4v) is 12.8. The minimum Gasteiger partial charge on any atom is -1.00 e. The Bertz CT molecular complexity index is 6010. The number of hydrogen-bond donors (Lipinski definition) is 0. The second-order valence-electron chi connectivity index (χ2n) is 31.0. The predicted octanol–water partition coefficient (Wildman–Crippen LogP) is 30.3. The maximum Gasteiger partial charge on any atom is 0.269 e. The third kappa shape index (κ3) is 47.0. The molecule has 0 aliphatic carbocycles. The molecule has 0 bridgehead atoms. The van der Waals surface area contributed by atoms with Crippen LogP contribution in [0.4, 0.5) is 91.0 Å². The van der Waals surface area contributed by atoms with Gasteiger partial charge in [-0.3, -0.25) is 19.6 Å². The molecule has 0 spiro atoms. The lowest BCUT2D eigenvalue weighted by Crippen LogP contribution is -3.00. The molecule has 27 nitrogen and oxygen atoms in total. The summed E-state index contributed by atoms with van der Waals surface area (Å²) in [4.78, 5) is 12.2. The number of azo groups is 6. The van der Waals surface area contributed by atoms with Crippen LogP contribution in [0.15, 0.2) is 551 Å². The van der Waals surface area contributed by atoms with Gasteiger partial charge in [0.1, 0.15) is 86.1 Å². The first-order valence-corrected chi connectivity index (χ1v) is 47.2. The lowest BCUT2D eigenvalue weighted by Gasteiger charge is -2.35. The van der Waals surface area contributed by atoms with Gasteiger partial charge >= 0.3 is 0 Å². The molecule has 0 saturated carbocycles. The van der Waals surface area contributed by atoms with Crippen LogP contribution in [0.2, 0.25) is 0 Å². The third-order valence-electron chi connectivity index (χ3n) is 20.0. The summed E-state index contributed by atoms with van der Waals surface area (Å²) >= 11 is 0. The van der Waals surface area contributed by atoms with E-state index in [2.05, 4.69) is 185 Å². The Labute approximate surface area is 874 Å². The molecular formula is C119H127BrN18O9.